The van der Waals surface area contributed by atoms with Crippen LogP contribution in [0.2, 0.25) is 0 Å². The summed E-state index contributed by atoms with van der Waals surface area (Å²) in [5, 5.41) is 6.19. The summed E-state index contributed by atoms with van der Waals surface area (Å²) in [6.45, 7) is 4.58. The first-order valence-electron chi connectivity index (χ1n) is 7.17. The van der Waals surface area contributed by atoms with Gasteiger partial charge in [-0.2, -0.15) is 13.2 Å². The van der Waals surface area contributed by atoms with Crippen LogP contribution in [0.3, 0.4) is 0 Å². The van der Waals surface area contributed by atoms with Gasteiger partial charge in [-0.15, -0.1) is 0 Å². The van der Waals surface area contributed by atoms with E-state index in [-0.39, 0.29) is 12.1 Å². The van der Waals surface area contributed by atoms with Crippen molar-refractivity contribution in [3.05, 3.63) is 52.2 Å². The average Bonchev–Trinajstić information content (AvgIpc) is 2.83. The molecule has 0 aliphatic carbocycles. The molecule has 0 aliphatic heterocycles. The van der Waals surface area contributed by atoms with E-state index in [1.165, 1.54) is 0 Å². The highest BCUT2D eigenvalue weighted by Crippen LogP contribution is 2.32. The van der Waals surface area contributed by atoms with Crippen LogP contribution in [-0.2, 0) is 17.5 Å². The minimum Gasteiger partial charge on any atom is -0.361 e. The largest absolute Gasteiger partial charge is 0.416 e. The van der Waals surface area contributed by atoms with Crippen molar-refractivity contribution in [3.8, 4) is 0 Å². The Hall–Kier alpha value is -2.38. The van der Waals surface area contributed by atoms with Crippen molar-refractivity contribution in [2.45, 2.75) is 39.4 Å². The number of carbonyl (C=O) groups excluding carboxylic acids is 1. The van der Waals surface area contributed by atoms with Crippen LogP contribution < -0.4 is 5.32 Å². The molecule has 1 unspecified atom stereocenters. The predicted molar refractivity (Wildman–Crippen MR) is 77.6 cm³/mol. The zero-order valence-corrected chi connectivity index (χ0v) is 13.3. The zero-order valence-electron chi connectivity index (χ0n) is 13.3. The van der Waals surface area contributed by atoms with Crippen molar-refractivity contribution < 1.29 is 26.9 Å². The molecular formula is C16H16F4N2O2. The molecule has 1 atom stereocenters. The Kier molecular flexibility index (Phi) is 4.96. The molecule has 8 heteroatoms. The summed E-state index contributed by atoms with van der Waals surface area (Å²) < 4.78 is 56.9. The van der Waals surface area contributed by atoms with Crippen molar-refractivity contribution in [1.29, 1.82) is 0 Å². The molecule has 2 aromatic rings. The van der Waals surface area contributed by atoms with Crippen LogP contribution in [-0.4, -0.2) is 11.1 Å². The maximum atomic E-state index is 13.1. The van der Waals surface area contributed by atoms with Crippen LogP contribution in [0.5, 0.6) is 0 Å². The maximum absolute atomic E-state index is 13.1. The number of hydrogen-bond acceptors (Lipinski definition) is 3. The van der Waals surface area contributed by atoms with E-state index >= 15 is 0 Å². The number of rotatable bonds is 4. The smallest absolute Gasteiger partial charge is 0.361 e. The van der Waals surface area contributed by atoms with E-state index in [0.29, 0.717) is 23.1 Å². The van der Waals surface area contributed by atoms with Crippen LogP contribution >= 0.6 is 0 Å². The second-order valence-electron chi connectivity index (χ2n) is 5.48. The molecule has 1 amide bonds. The van der Waals surface area contributed by atoms with Gasteiger partial charge in [0.2, 0.25) is 5.91 Å². The third kappa shape index (κ3) is 3.74. The minimum atomic E-state index is -4.70. The van der Waals surface area contributed by atoms with Gasteiger partial charge in [-0.05, 0) is 38.5 Å². The van der Waals surface area contributed by atoms with Gasteiger partial charge in [-0.25, -0.2) is 4.39 Å². The number of carbonyl (C=O) groups is 1. The first-order chi connectivity index (χ1) is 11.1. The number of halogens is 4. The lowest BCUT2D eigenvalue weighted by molar-refractivity contribution is -0.138. The normalized spacial score (nSPS) is 13.0. The van der Waals surface area contributed by atoms with Crippen molar-refractivity contribution in [2.75, 3.05) is 0 Å². The molecule has 0 saturated heterocycles. The molecule has 0 spiro atoms. The van der Waals surface area contributed by atoms with E-state index in [9.17, 15) is 22.4 Å². The molecule has 0 fully saturated rings. The number of amides is 1. The molecule has 4 nitrogen and oxygen atoms in total. The number of hydrogen-bond donors (Lipinski definition) is 1. The standard InChI is InChI=1S/C16H16F4N2O2/c1-8(14-9(2)22-24-10(14)3)15(23)21-7-11-4-5-12(17)6-13(11)16(18,19)20/h4-6,8H,7H2,1-3H3,(H,21,23). The van der Waals surface area contributed by atoms with Gasteiger partial charge in [0.25, 0.3) is 0 Å². The fourth-order valence-electron chi connectivity index (χ4n) is 2.54. The fourth-order valence-corrected chi connectivity index (χ4v) is 2.54. The number of nitrogens with one attached hydrogen (secondary N) is 1. The number of aryl methyl sites for hydroxylation is 2. The first-order valence-corrected chi connectivity index (χ1v) is 7.17. The molecule has 0 radical (unpaired) electrons. The monoisotopic (exact) mass is 344 g/mol. The summed E-state index contributed by atoms with van der Waals surface area (Å²) in [6, 6.07) is 2.35. The van der Waals surface area contributed by atoms with E-state index in [4.69, 9.17) is 4.52 Å². The van der Waals surface area contributed by atoms with Gasteiger partial charge in [-0.3, -0.25) is 4.79 Å². The van der Waals surface area contributed by atoms with Gasteiger partial charge >= 0.3 is 6.18 Å². The number of benzene rings is 1. The topological polar surface area (TPSA) is 55.1 Å². The van der Waals surface area contributed by atoms with Gasteiger partial charge < -0.3 is 9.84 Å². The summed E-state index contributed by atoms with van der Waals surface area (Å²) in [5.41, 5.74) is -0.161. The van der Waals surface area contributed by atoms with Crippen LogP contribution in [0.4, 0.5) is 17.6 Å². The Labute approximate surface area is 135 Å². The van der Waals surface area contributed by atoms with E-state index in [0.717, 1.165) is 12.1 Å². The Morgan fingerprint density at radius 1 is 1.33 bits per heavy atom. The highest BCUT2D eigenvalue weighted by Gasteiger charge is 2.34. The molecule has 0 bridgehead atoms. The van der Waals surface area contributed by atoms with Crippen LogP contribution in [0, 0.1) is 19.7 Å². The summed E-state index contributed by atoms with van der Waals surface area (Å²) >= 11 is 0. The van der Waals surface area contributed by atoms with Gasteiger partial charge in [-0.1, -0.05) is 11.2 Å². The lowest BCUT2D eigenvalue weighted by Gasteiger charge is -2.15. The maximum Gasteiger partial charge on any atom is 0.416 e. The lowest BCUT2D eigenvalue weighted by Crippen LogP contribution is -2.29. The van der Waals surface area contributed by atoms with E-state index < -0.39 is 29.4 Å². The molecule has 1 aromatic carbocycles. The Morgan fingerprint density at radius 2 is 2.00 bits per heavy atom. The fraction of sp³-hybridized carbons (Fsp3) is 0.375. The van der Waals surface area contributed by atoms with Crippen molar-refractivity contribution in [2.24, 2.45) is 0 Å². The summed E-state index contributed by atoms with van der Waals surface area (Å²) in [4.78, 5) is 12.2. The van der Waals surface area contributed by atoms with E-state index in [1.54, 1.807) is 20.8 Å². The molecule has 0 saturated carbocycles. The first kappa shape index (κ1) is 18.0. The molecule has 1 N–H and O–H groups in total. The van der Waals surface area contributed by atoms with Gasteiger partial charge in [0.1, 0.15) is 11.6 Å². The predicted octanol–water partition coefficient (Wildman–Crippen LogP) is 3.87. The van der Waals surface area contributed by atoms with Gasteiger partial charge in [0.05, 0.1) is 17.2 Å². The highest BCUT2D eigenvalue weighted by molar-refractivity contribution is 5.83. The molecule has 1 aromatic heterocycles. The minimum absolute atomic E-state index is 0.205. The summed E-state index contributed by atoms with van der Waals surface area (Å²) in [6.07, 6.45) is -4.70. The van der Waals surface area contributed by atoms with Crippen molar-refractivity contribution in [3.63, 3.8) is 0 Å². The molecular weight excluding hydrogens is 328 g/mol. The Morgan fingerprint density at radius 3 is 2.54 bits per heavy atom. The Balaban J connectivity index is 2.15. The third-order valence-electron chi connectivity index (χ3n) is 3.75. The average molecular weight is 344 g/mol. The molecule has 2 rings (SSSR count). The number of nitrogens with zero attached hydrogens (tertiary/aromatic N) is 1. The molecule has 24 heavy (non-hydrogen) atoms. The third-order valence-corrected chi connectivity index (χ3v) is 3.75. The summed E-state index contributed by atoms with van der Waals surface area (Å²) in [5.74, 6) is -1.61. The quantitative estimate of drug-likeness (QED) is 0.857. The second-order valence-corrected chi connectivity index (χ2v) is 5.48. The van der Waals surface area contributed by atoms with Crippen molar-refractivity contribution >= 4 is 5.91 Å². The van der Waals surface area contributed by atoms with Crippen LogP contribution in [0.25, 0.3) is 0 Å². The van der Waals surface area contributed by atoms with Gasteiger partial charge in [0, 0.05) is 12.1 Å². The zero-order chi connectivity index (χ0) is 18.1. The van der Waals surface area contributed by atoms with E-state index in [1.807, 2.05) is 0 Å². The van der Waals surface area contributed by atoms with Crippen LogP contribution in [0.15, 0.2) is 22.7 Å². The number of aromatic nitrogens is 1. The van der Waals surface area contributed by atoms with Gasteiger partial charge in [0.15, 0.2) is 0 Å². The van der Waals surface area contributed by atoms with Crippen molar-refractivity contribution in [1.82, 2.24) is 10.5 Å². The molecule has 1 heterocycles. The SMILES string of the molecule is Cc1noc(C)c1C(C)C(=O)NCc1ccc(F)cc1C(F)(F)F. The molecule has 0 aliphatic rings. The number of alkyl halides is 3. The molecule has 130 valence electrons. The van der Waals surface area contributed by atoms with E-state index in [2.05, 4.69) is 10.5 Å². The lowest BCUT2D eigenvalue weighted by atomic mass is 9.98. The highest BCUT2D eigenvalue weighted by atomic mass is 19.4. The Bertz CT molecular complexity index is 734. The summed E-state index contributed by atoms with van der Waals surface area (Å²) in [7, 11) is 0. The second kappa shape index (κ2) is 6.62. The van der Waals surface area contributed by atoms with Crippen LogP contribution in [0.1, 0.15) is 41.0 Å².